The van der Waals surface area contributed by atoms with E-state index >= 15 is 0 Å². The first-order valence-corrected chi connectivity index (χ1v) is 24.4. The predicted octanol–water partition coefficient (Wildman–Crippen LogP) is 12.0. The van der Waals surface area contributed by atoms with Crippen molar-refractivity contribution in [3.8, 4) is 11.5 Å². The molecule has 5 rings (SSSR count). The second-order valence-corrected chi connectivity index (χ2v) is 17.3. The van der Waals surface area contributed by atoms with Crippen molar-refractivity contribution in [2.24, 2.45) is 20.5 Å². The SMILES string of the molecule is CCOc1ccc(CCCl)c(NC(=O)c2ccc(Cl)c(N=NC(C(C)=O)C(=O)Nc3ccc(NC(=O)C(N=Nc4cc(C(=O)Nc5cc(OCC)ccc5CCCl)ccc4Cl)C(C)=O)c(CCCl)c3)c2)c1. The first-order valence-electron chi connectivity index (χ1n) is 22.1. The number of Topliss-reactive ketones (excluding diaryl/α,β-unsaturated/α-hetero) is 2. The van der Waals surface area contributed by atoms with E-state index in [-0.39, 0.29) is 56.2 Å². The van der Waals surface area contributed by atoms with Gasteiger partial charge < -0.3 is 30.7 Å². The molecule has 5 aromatic rings. The Morgan fingerprint density at radius 1 is 0.507 bits per heavy atom. The van der Waals surface area contributed by atoms with Crippen LogP contribution in [0.25, 0.3) is 0 Å². The molecule has 0 saturated carbocycles. The van der Waals surface area contributed by atoms with Gasteiger partial charge in [-0.25, -0.2) is 0 Å². The Labute approximate surface area is 435 Å². The quantitative estimate of drug-likeness (QED) is 0.0264. The van der Waals surface area contributed by atoms with Crippen LogP contribution in [0.4, 0.5) is 34.1 Å². The van der Waals surface area contributed by atoms with E-state index < -0.39 is 47.3 Å². The Morgan fingerprint density at radius 3 is 1.37 bits per heavy atom. The Morgan fingerprint density at radius 2 is 0.944 bits per heavy atom. The minimum absolute atomic E-state index is 0.0192. The van der Waals surface area contributed by atoms with E-state index in [0.717, 1.165) is 25.0 Å². The molecule has 0 aromatic heterocycles. The molecule has 0 bridgehead atoms. The van der Waals surface area contributed by atoms with Crippen LogP contribution in [0.5, 0.6) is 11.5 Å². The van der Waals surface area contributed by atoms with Gasteiger partial charge in [0.15, 0.2) is 11.6 Å². The molecule has 4 amide bonds. The van der Waals surface area contributed by atoms with Crippen LogP contribution in [-0.2, 0) is 38.4 Å². The number of amides is 4. The fourth-order valence-corrected chi connectivity index (χ4v) is 7.66. The lowest BCUT2D eigenvalue weighted by atomic mass is 10.1. The van der Waals surface area contributed by atoms with Crippen LogP contribution in [0.2, 0.25) is 10.0 Å². The Bertz CT molecular complexity index is 2850. The molecular weight excluding hydrogens is 1020 g/mol. The van der Waals surface area contributed by atoms with Crippen molar-refractivity contribution < 1.29 is 38.2 Å². The van der Waals surface area contributed by atoms with Gasteiger partial charge in [0.1, 0.15) is 22.9 Å². The van der Waals surface area contributed by atoms with Crippen LogP contribution < -0.4 is 30.7 Å². The number of nitrogens with zero attached hydrogens (tertiary/aromatic N) is 4. The van der Waals surface area contributed by atoms with Crippen molar-refractivity contribution >= 4 is 127 Å². The molecule has 0 aliphatic carbocycles. The van der Waals surface area contributed by atoms with Gasteiger partial charge in [0.25, 0.3) is 23.6 Å². The predicted molar refractivity (Wildman–Crippen MR) is 279 cm³/mol. The summed E-state index contributed by atoms with van der Waals surface area (Å²) < 4.78 is 11.2. The summed E-state index contributed by atoms with van der Waals surface area (Å²) in [4.78, 5) is 79.4. The van der Waals surface area contributed by atoms with Crippen LogP contribution in [-0.4, -0.2) is 78.1 Å². The van der Waals surface area contributed by atoms with Crippen LogP contribution >= 0.6 is 58.0 Å². The average molecular weight is 1070 g/mol. The number of ether oxygens (including phenoxy) is 2. The number of anilines is 4. The highest BCUT2D eigenvalue weighted by molar-refractivity contribution is 6.33. The van der Waals surface area contributed by atoms with Crippen LogP contribution in [0, 0.1) is 0 Å². The number of azo groups is 2. The summed E-state index contributed by atoms with van der Waals surface area (Å²) in [5, 5.41) is 27.4. The van der Waals surface area contributed by atoms with Gasteiger partial charge >= 0.3 is 0 Å². The molecule has 16 nitrogen and oxygen atoms in total. The number of benzene rings is 5. The minimum atomic E-state index is -1.64. The van der Waals surface area contributed by atoms with E-state index in [1.165, 1.54) is 54.6 Å². The van der Waals surface area contributed by atoms with Crippen molar-refractivity contribution in [1.29, 1.82) is 0 Å². The molecule has 2 atom stereocenters. The van der Waals surface area contributed by atoms with Gasteiger partial charge in [-0.3, -0.25) is 28.8 Å². The van der Waals surface area contributed by atoms with E-state index in [2.05, 4.69) is 41.7 Å². The Hall–Kier alpha value is -6.43. The maximum Gasteiger partial charge on any atom is 0.258 e. The number of ketones is 2. The normalized spacial score (nSPS) is 12.0. The van der Waals surface area contributed by atoms with Gasteiger partial charge in [-0.1, -0.05) is 35.3 Å². The lowest BCUT2D eigenvalue weighted by Gasteiger charge is -2.16. The molecule has 0 aliphatic heterocycles. The lowest BCUT2D eigenvalue weighted by molar-refractivity contribution is -0.127. The van der Waals surface area contributed by atoms with Gasteiger partial charge in [-0.15, -0.1) is 34.8 Å². The van der Waals surface area contributed by atoms with Gasteiger partial charge in [0.2, 0.25) is 12.1 Å². The maximum atomic E-state index is 13.6. The number of alkyl halides is 3. The number of hydrogen-bond acceptors (Lipinski definition) is 12. The highest BCUT2D eigenvalue weighted by Crippen LogP contribution is 2.32. The zero-order chi connectivity index (χ0) is 51.6. The number of carbonyl (C=O) groups is 6. The Balaban J connectivity index is 1.29. The second kappa shape index (κ2) is 27.2. The molecule has 0 aliphatic rings. The smallest absolute Gasteiger partial charge is 0.258 e. The number of halogens is 5. The monoisotopic (exact) mass is 1060 g/mol. The summed E-state index contributed by atoms with van der Waals surface area (Å²) in [6.07, 6.45) is 1.18. The van der Waals surface area contributed by atoms with Gasteiger partial charge in [-0.05, 0) is 130 Å². The molecule has 2 unspecified atom stereocenters. The van der Waals surface area contributed by atoms with Crippen molar-refractivity contribution in [2.45, 2.75) is 59.0 Å². The third-order valence-corrected chi connectivity index (χ3v) is 11.5. The van der Waals surface area contributed by atoms with Crippen LogP contribution in [0.1, 0.15) is 65.1 Å². The van der Waals surface area contributed by atoms with Gasteiger partial charge in [0.05, 0.1) is 23.3 Å². The summed E-state index contributed by atoms with van der Waals surface area (Å²) in [5.41, 5.74) is 3.88. The highest BCUT2D eigenvalue weighted by atomic mass is 35.5. The topological polar surface area (TPSA) is 218 Å². The molecule has 0 spiro atoms. The van der Waals surface area contributed by atoms with Crippen molar-refractivity contribution in [2.75, 3.05) is 52.1 Å². The summed E-state index contributed by atoms with van der Waals surface area (Å²) in [6, 6.07) is 20.4. The number of carbonyl (C=O) groups excluding carboxylic acids is 6. The van der Waals surface area contributed by atoms with E-state index in [9.17, 15) is 28.8 Å². The van der Waals surface area contributed by atoms with E-state index in [1.807, 2.05) is 26.0 Å². The number of aryl methyl sites for hydroxylation is 3. The van der Waals surface area contributed by atoms with E-state index in [0.29, 0.717) is 66.3 Å². The van der Waals surface area contributed by atoms with Crippen molar-refractivity contribution in [3.05, 3.63) is 129 Å². The fourth-order valence-electron chi connectivity index (χ4n) is 6.74. The number of nitrogens with one attached hydrogen (secondary N) is 4. The van der Waals surface area contributed by atoms with Gasteiger partial charge in [0, 0.05) is 63.6 Å². The summed E-state index contributed by atoms with van der Waals surface area (Å²) in [6.45, 7) is 6.87. The summed E-state index contributed by atoms with van der Waals surface area (Å²) >= 11 is 30.9. The molecule has 0 fully saturated rings. The minimum Gasteiger partial charge on any atom is -0.494 e. The lowest BCUT2D eigenvalue weighted by Crippen LogP contribution is -2.32. The second-order valence-electron chi connectivity index (χ2n) is 15.4. The molecule has 0 saturated heterocycles. The zero-order valence-electron chi connectivity index (χ0n) is 38.9. The molecule has 21 heteroatoms. The third kappa shape index (κ3) is 15.8. The molecule has 372 valence electrons. The van der Waals surface area contributed by atoms with Crippen molar-refractivity contribution in [3.63, 3.8) is 0 Å². The molecule has 5 aromatic carbocycles. The Kier molecular flexibility index (Phi) is 21.3. The largest absolute Gasteiger partial charge is 0.494 e. The summed E-state index contributed by atoms with van der Waals surface area (Å²) in [7, 11) is 0. The number of hydrogen-bond donors (Lipinski definition) is 4. The first kappa shape index (κ1) is 55.5. The molecule has 0 radical (unpaired) electrons. The third-order valence-electron chi connectivity index (χ3n) is 10.2. The maximum absolute atomic E-state index is 13.6. The molecule has 71 heavy (non-hydrogen) atoms. The number of rotatable bonds is 24. The fraction of sp³-hybridized carbons (Fsp3) is 0.280. The molecular formula is C50H49Cl5N8O8. The summed E-state index contributed by atoms with van der Waals surface area (Å²) in [5.74, 6) is -2.11. The zero-order valence-corrected chi connectivity index (χ0v) is 42.7. The standard InChI is InChI=1S/C50H49Cl5N8O8/c1-5-70-36-12-7-30(17-20-51)41(26-36)58-47(66)33-9-14-38(54)43(24-33)60-62-45(28(3)64)49(68)56-35-11-16-40(32(23-35)19-22-53)57-50(69)46(29(4)65)63-61-44-25-34(10-15-39(44)55)48(67)59-42-27-37(71-6-2)13-8-31(42)18-21-52/h7-16,23-27,45-46H,5-6,17-22H2,1-4H3,(H,56,68)(H,57,69)(H,58,66)(H,59,67). The van der Waals surface area contributed by atoms with Gasteiger partial charge in [-0.2, -0.15) is 20.5 Å². The first-order chi connectivity index (χ1) is 34.1. The van der Waals surface area contributed by atoms with Crippen LogP contribution in [0.3, 0.4) is 0 Å². The van der Waals surface area contributed by atoms with E-state index in [4.69, 9.17) is 67.5 Å². The molecule has 0 heterocycles. The molecule has 4 N–H and O–H groups in total. The van der Waals surface area contributed by atoms with Crippen molar-refractivity contribution in [1.82, 2.24) is 0 Å². The highest BCUT2D eigenvalue weighted by Gasteiger charge is 2.26. The van der Waals surface area contributed by atoms with E-state index in [1.54, 1.807) is 24.3 Å². The average Bonchev–Trinajstić information content (AvgIpc) is 3.32. The van der Waals surface area contributed by atoms with Crippen LogP contribution in [0.15, 0.2) is 111 Å².